The summed E-state index contributed by atoms with van der Waals surface area (Å²) in [6, 6.07) is 0. The maximum atomic E-state index is 10.4. The van der Waals surface area contributed by atoms with E-state index in [0.717, 1.165) is 19.4 Å². The van der Waals surface area contributed by atoms with Gasteiger partial charge in [-0.05, 0) is 32.5 Å². The maximum Gasteiger partial charge on any atom is 0.303 e. The fourth-order valence-corrected chi connectivity index (χ4v) is 3.81. The molecule has 0 rings (SSSR count). The third-order valence-corrected chi connectivity index (χ3v) is 5.64. The highest BCUT2D eigenvalue weighted by atomic mass is 28.4. The second-order valence-electron chi connectivity index (χ2n) is 8.41. The predicted molar refractivity (Wildman–Crippen MR) is 111 cm³/mol. The van der Waals surface area contributed by atoms with Crippen LogP contribution in [-0.4, -0.2) is 26.0 Å². The largest absolute Gasteiger partial charge is 0.481 e. The lowest BCUT2D eigenvalue weighted by molar-refractivity contribution is -0.137. The van der Waals surface area contributed by atoms with Crippen LogP contribution in [0.15, 0.2) is 0 Å². The van der Waals surface area contributed by atoms with Crippen LogP contribution in [0.1, 0.15) is 103 Å². The molecule has 4 heteroatoms. The molecule has 0 fully saturated rings. The third kappa shape index (κ3) is 23.6. The van der Waals surface area contributed by atoms with Crippen molar-refractivity contribution < 1.29 is 14.3 Å². The Morgan fingerprint density at radius 3 is 1.28 bits per heavy atom. The van der Waals surface area contributed by atoms with Gasteiger partial charge in [0.25, 0.3) is 0 Å². The molecule has 0 saturated carbocycles. The van der Waals surface area contributed by atoms with Crippen LogP contribution in [-0.2, 0) is 9.22 Å². The molecule has 0 aromatic rings. The molecule has 25 heavy (non-hydrogen) atoms. The van der Waals surface area contributed by atoms with Crippen molar-refractivity contribution in [2.75, 3.05) is 6.61 Å². The van der Waals surface area contributed by atoms with Crippen LogP contribution in [0, 0.1) is 0 Å². The second kappa shape index (κ2) is 17.1. The van der Waals surface area contributed by atoms with Crippen LogP contribution in [0.25, 0.3) is 0 Å². The summed E-state index contributed by atoms with van der Waals surface area (Å²) in [6.45, 7) is 7.75. The topological polar surface area (TPSA) is 46.5 Å². The van der Waals surface area contributed by atoms with Crippen LogP contribution < -0.4 is 0 Å². The van der Waals surface area contributed by atoms with Gasteiger partial charge in [0.15, 0.2) is 8.32 Å². The first-order valence-corrected chi connectivity index (χ1v) is 14.2. The van der Waals surface area contributed by atoms with Crippen molar-refractivity contribution in [3.8, 4) is 0 Å². The number of unbranched alkanes of at least 4 members (excludes halogenated alkanes) is 14. The van der Waals surface area contributed by atoms with Gasteiger partial charge in [-0.2, -0.15) is 0 Å². The minimum absolute atomic E-state index is 0.340. The Kier molecular flexibility index (Phi) is 16.8. The van der Waals surface area contributed by atoms with Gasteiger partial charge in [0.2, 0.25) is 0 Å². The fraction of sp³-hybridized carbons (Fsp3) is 0.952. The average Bonchev–Trinajstić information content (AvgIpc) is 2.52. The number of rotatable bonds is 19. The number of carbonyl (C=O) groups is 1. The van der Waals surface area contributed by atoms with E-state index in [4.69, 9.17) is 9.53 Å². The highest BCUT2D eigenvalue weighted by Gasteiger charge is 2.12. The van der Waals surface area contributed by atoms with Gasteiger partial charge in [-0.15, -0.1) is 0 Å². The lowest BCUT2D eigenvalue weighted by Gasteiger charge is -2.16. The summed E-state index contributed by atoms with van der Waals surface area (Å²) >= 11 is 0. The smallest absolute Gasteiger partial charge is 0.303 e. The summed E-state index contributed by atoms with van der Waals surface area (Å²) in [6.07, 6.45) is 19.7. The van der Waals surface area contributed by atoms with E-state index >= 15 is 0 Å². The minimum atomic E-state index is -1.29. The quantitative estimate of drug-likeness (QED) is 0.193. The summed E-state index contributed by atoms with van der Waals surface area (Å²) < 4.78 is 5.87. The molecule has 0 aromatic carbocycles. The summed E-state index contributed by atoms with van der Waals surface area (Å²) in [7, 11) is -1.29. The molecule has 1 N–H and O–H groups in total. The normalized spacial score (nSPS) is 11.8. The molecule has 0 aliphatic carbocycles. The van der Waals surface area contributed by atoms with Crippen LogP contribution >= 0.6 is 0 Å². The SMILES string of the molecule is C[Si](C)(C)OCCCCCCCCCCCCCCCCCC(=O)O. The van der Waals surface area contributed by atoms with Gasteiger partial charge in [0, 0.05) is 13.0 Å². The highest BCUT2D eigenvalue weighted by molar-refractivity contribution is 6.69. The Morgan fingerprint density at radius 1 is 0.640 bits per heavy atom. The van der Waals surface area contributed by atoms with Gasteiger partial charge in [-0.1, -0.05) is 83.5 Å². The first-order valence-electron chi connectivity index (χ1n) is 10.8. The zero-order chi connectivity index (χ0) is 18.8. The van der Waals surface area contributed by atoms with Gasteiger partial charge in [-0.25, -0.2) is 0 Å². The van der Waals surface area contributed by atoms with Gasteiger partial charge in [-0.3, -0.25) is 4.79 Å². The summed E-state index contributed by atoms with van der Waals surface area (Å²) in [5, 5.41) is 8.56. The van der Waals surface area contributed by atoms with Crippen molar-refractivity contribution in [1.29, 1.82) is 0 Å². The van der Waals surface area contributed by atoms with E-state index in [2.05, 4.69) is 19.6 Å². The van der Waals surface area contributed by atoms with Crippen molar-refractivity contribution in [2.24, 2.45) is 0 Å². The van der Waals surface area contributed by atoms with Gasteiger partial charge < -0.3 is 9.53 Å². The molecule has 0 bridgehead atoms. The standard InChI is InChI=1S/C21H44O3Si/c1-25(2,3)24-20-18-16-14-12-10-8-6-4-5-7-9-11-13-15-17-19-21(22)23/h4-20H2,1-3H3,(H,22,23). The fourth-order valence-electron chi connectivity index (χ4n) is 3.05. The van der Waals surface area contributed by atoms with E-state index in [9.17, 15) is 4.79 Å². The zero-order valence-corrected chi connectivity index (χ0v) is 18.3. The Labute approximate surface area is 158 Å². The predicted octanol–water partition coefficient (Wildman–Crippen LogP) is 7.16. The number of carboxylic acid groups (broad SMARTS) is 1. The average molecular weight is 373 g/mol. The molecule has 0 heterocycles. The molecule has 3 nitrogen and oxygen atoms in total. The van der Waals surface area contributed by atoms with Crippen molar-refractivity contribution in [3.05, 3.63) is 0 Å². The first-order chi connectivity index (χ1) is 11.9. The summed E-state index contributed by atoms with van der Waals surface area (Å²) in [4.78, 5) is 10.4. The molecule has 0 spiro atoms. The van der Waals surface area contributed by atoms with Crippen LogP contribution in [0.4, 0.5) is 0 Å². The van der Waals surface area contributed by atoms with Crippen molar-refractivity contribution in [3.63, 3.8) is 0 Å². The van der Waals surface area contributed by atoms with E-state index in [1.807, 2.05) is 0 Å². The van der Waals surface area contributed by atoms with E-state index < -0.39 is 14.3 Å². The Balaban J connectivity index is 3.04. The Bertz CT molecular complexity index is 300. The lowest BCUT2D eigenvalue weighted by Crippen LogP contribution is -2.25. The zero-order valence-electron chi connectivity index (χ0n) is 17.3. The Hall–Kier alpha value is -0.353. The molecule has 0 amide bonds. The second-order valence-corrected chi connectivity index (χ2v) is 12.9. The van der Waals surface area contributed by atoms with Crippen LogP contribution in [0.2, 0.25) is 19.6 Å². The van der Waals surface area contributed by atoms with Crippen molar-refractivity contribution >= 4 is 14.3 Å². The monoisotopic (exact) mass is 372 g/mol. The van der Waals surface area contributed by atoms with Crippen molar-refractivity contribution in [2.45, 2.75) is 122 Å². The third-order valence-electron chi connectivity index (χ3n) is 4.57. The molecule has 0 radical (unpaired) electrons. The Morgan fingerprint density at radius 2 is 0.960 bits per heavy atom. The molecular weight excluding hydrogens is 328 g/mol. The molecular formula is C21H44O3Si. The molecule has 0 atom stereocenters. The minimum Gasteiger partial charge on any atom is -0.481 e. The lowest BCUT2D eigenvalue weighted by atomic mass is 10.0. The highest BCUT2D eigenvalue weighted by Crippen LogP contribution is 2.14. The molecule has 0 unspecified atom stereocenters. The van der Waals surface area contributed by atoms with Gasteiger partial charge >= 0.3 is 5.97 Å². The van der Waals surface area contributed by atoms with E-state index in [0.29, 0.717) is 6.42 Å². The molecule has 0 aromatic heterocycles. The summed E-state index contributed by atoms with van der Waals surface area (Å²) in [5.74, 6) is -0.656. The number of hydrogen-bond acceptors (Lipinski definition) is 2. The molecule has 150 valence electrons. The number of hydrogen-bond donors (Lipinski definition) is 1. The van der Waals surface area contributed by atoms with Crippen LogP contribution in [0.3, 0.4) is 0 Å². The van der Waals surface area contributed by atoms with Gasteiger partial charge in [0.05, 0.1) is 0 Å². The molecule has 0 aliphatic heterocycles. The van der Waals surface area contributed by atoms with Crippen LogP contribution in [0.5, 0.6) is 0 Å². The number of carboxylic acids is 1. The van der Waals surface area contributed by atoms with E-state index in [1.54, 1.807) is 0 Å². The summed E-state index contributed by atoms with van der Waals surface area (Å²) in [5.41, 5.74) is 0. The van der Waals surface area contributed by atoms with Crippen molar-refractivity contribution in [1.82, 2.24) is 0 Å². The van der Waals surface area contributed by atoms with Gasteiger partial charge in [0.1, 0.15) is 0 Å². The van der Waals surface area contributed by atoms with E-state index in [1.165, 1.54) is 83.5 Å². The van der Waals surface area contributed by atoms with E-state index in [-0.39, 0.29) is 0 Å². The maximum absolute atomic E-state index is 10.4. The molecule has 0 saturated heterocycles. The first kappa shape index (κ1) is 24.6. The number of aliphatic carboxylic acids is 1. The molecule has 0 aliphatic rings.